The van der Waals surface area contributed by atoms with E-state index >= 15 is 0 Å². The number of nitrogens with one attached hydrogen (secondary N) is 2. The topological polar surface area (TPSA) is 93.7 Å². The second-order valence-electron chi connectivity index (χ2n) is 6.18. The van der Waals surface area contributed by atoms with Crippen LogP contribution in [0.1, 0.15) is 12.5 Å². The molecule has 30 heavy (non-hydrogen) atoms. The molecule has 2 aromatic rings. The fourth-order valence-electron chi connectivity index (χ4n) is 2.56. The quantitative estimate of drug-likeness (QED) is 0.585. The molecule has 0 radical (unpaired) electrons. The molecule has 0 aliphatic carbocycles. The van der Waals surface area contributed by atoms with Gasteiger partial charge >= 0.3 is 6.61 Å². The van der Waals surface area contributed by atoms with Gasteiger partial charge in [-0.15, -0.1) is 0 Å². The predicted molar refractivity (Wildman–Crippen MR) is 103 cm³/mol. The van der Waals surface area contributed by atoms with Crippen LogP contribution in [0.5, 0.6) is 11.5 Å². The minimum Gasteiger partial charge on any atom is -0.493 e. The molecule has 0 bridgehead atoms. The minimum absolute atomic E-state index is 0.102. The van der Waals surface area contributed by atoms with Gasteiger partial charge in [-0.2, -0.15) is 13.5 Å². The van der Waals surface area contributed by atoms with Crippen LogP contribution in [0.4, 0.5) is 13.2 Å². The van der Waals surface area contributed by atoms with Crippen molar-refractivity contribution in [1.29, 1.82) is 0 Å². The van der Waals surface area contributed by atoms with Crippen molar-refractivity contribution in [1.82, 2.24) is 10.0 Å². The molecule has 2 aromatic carbocycles. The Morgan fingerprint density at radius 2 is 1.83 bits per heavy atom. The average Bonchev–Trinajstić information content (AvgIpc) is 2.67. The van der Waals surface area contributed by atoms with E-state index in [1.54, 1.807) is 6.07 Å². The standard InChI is InChI=1S/C19H21F3N2O5S/c1-12(24-30(26,27)17-6-4-3-5-14(17)20)18(25)23-10-9-13-7-8-15(28-2)16(11-13)29-19(21)22/h3-8,11-12,19,24H,9-10H2,1-2H3,(H,23,25)/t12-/m0/s1. The maximum atomic E-state index is 13.7. The number of hydrogen-bond donors (Lipinski definition) is 2. The maximum Gasteiger partial charge on any atom is 0.387 e. The average molecular weight is 446 g/mol. The summed E-state index contributed by atoms with van der Waals surface area (Å²) in [6, 6.07) is 8.08. The van der Waals surface area contributed by atoms with Crippen LogP contribution < -0.4 is 19.5 Å². The molecule has 1 amide bonds. The lowest BCUT2D eigenvalue weighted by atomic mass is 10.1. The van der Waals surface area contributed by atoms with Crippen molar-refractivity contribution in [3.63, 3.8) is 0 Å². The molecular weight excluding hydrogens is 425 g/mol. The van der Waals surface area contributed by atoms with Crippen molar-refractivity contribution in [2.45, 2.75) is 30.9 Å². The molecule has 0 saturated carbocycles. The normalized spacial score (nSPS) is 12.5. The Labute approximate surface area is 172 Å². The van der Waals surface area contributed by atoms with Crippen molar-refractivity contribution in [2.75, 3.05) is 13.7 Å². The van der Waals surface area contributed by atoms with Crippen molar-refractivity contribution in [2.24, 2.45) is 0 Å². The van der Waals surface area contributed by atoms with E-state index in [0.717, 1.165) is 12.1 Å². The first kappa shape index (κ1) is 23.5. The van der Waals surface area contributed by atoms with Crippen LogP contribution in [0, 0.1) is 5.82 Å². The number of carbonyl (C=O) groups excluding carboxylic acids is 1. The molecule has 7 nitrogen and oxygen atoms in total. The van der Waals surface area contributed by atoms with Crippen molar-refractivity contribution >= 4 is 15.9 Å². The first-order valence-electron chi connectivity index (χ1n) is 8.80. The van der Waals surface area contributed by atoms with Gasteiger partial charge in [-0.25, -0.2) is 12.8 Å². The second-order valence-corrected chi connectivity index (χ2v) is 7.86. The minimum atomic E-state index is -4.22. The van der Waals surface area contributed by atoms with Gasteiger partial charge in [0.25, 0.3) is 0 Å². The van der Waals surface area contributed by atoms with Crippen molar-refractivity contribution in [3.05, 3.63) is 53.8 Å². The van der Waals surface area contributed by atoms with E-state index in [9.17, 15) is 26.4 Å². The summed E-state index contributed by atoms with van der Waals surface area (Å²) >= 11 is 0. The highest BCUT2D eigenvalue weighted by molar-refractivity contribution is 7.89. The number of benzene rings is 2. The zero-order valence-corrected chi connectivity index (χ0v) is 17.0. The third-order valence-corrected chi connectivity index (χ3v) is 5.58. The highest BCUT2D eigenvalue weighted by Gasteiger charge is 2.24. The van der Waals surface area contributed by atoms with Crippen molar-refractivity contribution < 1.29 is 35.9 Å². The molecule has 0 spiro atoms. The van der Waals surface area contributed by atoms with E-state index in [4.69, 9.17) is 4.74 Å². The highest BCUT2D eigenvalue weighted by atomic mass is 32.2. The molecule has 164 valence electrons. The number of sulfonamides is 1. The largest absolute Gasteiger partial charge is 0.493 e. The zero-order valence-electron chi connectivity index (χ0n) is 16.2. The Hall–Kier alpha value is -2.79. The molecule has 11 heteroatoms. The molecule has 0 unspecified atom stereocenters. The van der Waals surface area contributed by atoms with Crippen LogP contribution in [0.25, 0.3) is 0 Å². The summed E-state index contributed by atoms with van der Waals surface area (Å²) in [7, 11) is -2.91. The lowest BCUT2D eigenvalue weighted by Gasteiger charge is -2.15. The fraction of sp³-hybridized carbons (Fsp3) is 0.316. The van der Waals surface area contributed by atoms with Gasteiger partial charge in [0.05, 0.1) is 13.2 Å². The Bertz CT molecular complexity index is 986. The number of rotatable bonds is 10. The highest BCUT2D eigenvalue weighted by Crippen LogP contribution is 2.29. The van der Waals surface area contributed by atoms with Crippen molar-refractivity contribution in [3.8, 4) is 11.5 Å². The number of carbonyl (C=O) groups is 1. The number of ether oxygens (including phenoxy) is 2. The maximum absolute atomic E-state index is 13.7. The van der Waals surface area contributed by atoms with E-state index in [-0.39, 0.29) is 24.5 Å². The third-order valence-electron chi connectivity index (χ3n) is 4.01. The molecule has 0 aliphatic heterocycles. The van der Waals surface area contributed by atoms with E-state index in [0.29, 0.717) is 5.56 Å². The molecule has 1 atom stereocenters. The fourth-order valence-corrected chi connectivity index (χ4v) is 3.84. The van der Waals surface area contributed by atoms with Gasteiger partial charge < -0.3 is 14.8 Å². The zero-order chi connectivity index (χ0) is 22.3. The predicted octanol–water partition coefficient (Wildman–Crippen LogP) is 2.46. The summed E-state index contributed by atoms with van der Waals surface area (Å²) in [5.41, 5.74) is 0.589. The molecule has 0 aromatic heterocycles. The van der Waals surface area contributed by atoms with Crippen LogP contribution in [-0.2, 0) is 21.2 Å². The van der Waals surface area contributed by atoms with E-state index in [2.05, 4.69) is 14.8 Å². The first-order valence-corrected chi connectivity index (χ1v) is 10.3. The number of hydrogen-bond acceptors (Lipinski definition) is 5. The van der Waals surface area contributed by atoms with Gasteiger partial charge in [-0.1, -0.05) is 18.2 Å². The summed E-state index contributed by atoms with van der Waals surface area (Å²) in [6.07, 6.45) is 0.266. The van der Waals surface area contributed by atoms with E-state index in [1.165, 1.54) is 38.3 Å². The monoisotopic (exact) mass is 446 g/mol. The smallest absolute Gasteiger partial charge is 0.387 e. The van der Waals surface area contributed by atoms with Gasteiger partial charge in [0.2, 0.25) is 15.9 Å². The Balaban J connectivity index is 1.93. The molecule has 0 fully saturated rings. The van der Waals surface area contributed by atoms with Crippen LogP contribution in [0.3, 0.4) is 0 Å². The van der Waals surface area contributed by atoms with Crippen LogP contribution in [0.2, 0.25) is 0 Å². The molecule has 2 rings (SSSR count). The number of amides is 1. The van der Waals surface area contributed by atoms with Crippen LogP contribution in [-0.4, -0.2) is 40.6 Å². The van der Waals surface area contributed by atoms with Crippen LogP contribution in [0.15, 0.2) is 47.4 Å². The SMILES string of the molecule is COc1ccc(CCNC(=O)[C@H](C)NS(=O)(=O)c2ccccc2F)cc1OC(F)F. The number of halogens is 3. The summed E-state index contributed by atoms with van der Waals surface area (Å²) in [5, 5.41) is 2.53. The van der Waals surface area contributed by atoms with Gasteiger partial charge in [0.15, 0.2) is 11.5 Å². The van der Waals surface area contributed by atoms with Gasteiger partial charge in [0, 0.05) is 6.54 Å². The van der Waals surface area contributed by atoms with Gasteiger partial charge in [-0.3, -0.25) is 4.79 Å². The van der Waals surface area contributed by atoms with Crippen LogP contribution >= 0.6 is 0 Å². The van der Waals surface area contributed by atoms with E-state index < -0.39 is 39.3 Å². The molecule has 0 heterocycles. The van der Waals surface area contributed by atoms with Gasteiger partial charge in [-0.05, 0) is 43.2 Å². The summed E-state index contributed by atoms with van der Waals surface area (Å²) in [4.78, 5) is 11.6. The molecule has 0 aliphatic rings. The van der Waals surface area contributed by atoms with Gasteiger partial charge in [0.1, 0.15) is 10.7 Å². The summed E-state index contributed by atoms with van der Waals surface area (Å²) in [6.45, 7) is -1.60. The second kappa shape index (κ2) is 10.3. The lowest BCUT2D eigenvalue weighted by Crippen LogP contribution is -2.45. The molecule has 0 saturated heterocycles. The number of methoxy groups -OCH3 is 1. The Kier molecular flexibility index (Phi) is 8.07. The number of alkyl halides is 2. The summed E-state index contributed by atoms with van der Waals surface area (Å²) < 4.78 is 74.6. The Morgan fingerprint density at radius 3 is 2.47 bits per heavy atom. The third kappa shape index (κ3) is 6.36. The lowest BCUT2D eigenvalue weighted by molar-refractivity contribution is -0.122. The Morgan fingerprint density at radius 1 is 1.13 bits per heavy atom. The molecular formula is C19H21F3N2O5S. The molecule has 2 N–H and O–H groups in total. The summed E-state index contributed by atoms with van der Waals surface area (Å²) in [5.74, 6) is -1.56. The van der Waals surface area contributed by atoms with E-state index in [1.807, 2.05) is 0 Å². The first-order chi connectivity index (χ1) is 14.1.